The first kappa shape index (κ1) is 11.8. The molecule has 0 spiro atoms. The van der Waals surface area contributed by atoms with Gasteiger partial charge in [-0.2, -0.15) is 5.10 Å². The number of benzene rings is 1. The molecule has 0 atom stereocenters. The second kappa shape index (κ2) is 4.33. The Morgan fingerprint density at radius 2 is 2.17 bits per heavy atom. The van der Waals surface area contributed by atoms with Crippen LogP contribution in [0.25, 0.3) is 5.69 Å². The Kier molecular flexibility index (Phi) is 2.85. The molecule has 2 aromatic rings. The molecule has 1 aromatic carbocycles. The second-order valence-electron chi connectivity index (χ2n) is 3.85. The van der Waals surface area contributed by atoms with Crippen molar-refractivity contribution in [2.24, 2.45) is 5.73 Å². The zero-order valence-electron chi connectivity index (χ0n) is 9.71. The van der Waals surface area contributed by atoms with Crippen molar-refractivity contribution in [2.75, 3.05) is 0 Å². The molecule has 0 fully saturated rings. The minimum Gasteiger partial charge on any atom is -0.477 e. The highest BCUT2D eigenvalue weighted by Crippen LogP contribution is 2.14. The average molecular weight is 244 g/mol. The van der Waals surface area contributed by atoms with Crippen molar-refractivity contribution < 1.29 is 9.90 Å². The van der Waals surface area contributed by atoms with E-state index in [0.717, 1.165) is 0 Å². The van der Waals surface area contributed by atoms with E-state index in [1.807, 2.05) is 0 Å². The summed E-state index contributed by atoms with van der Waals surface area (Å²) in [5.74, 6) is -1.12. The lowest BCUT2D eigenvalue weighted by Gasteiger charge is -2.06. The van der Waals surface area contributed by atoms with Gasteiger partial charge in [-0.25, -0.2) is 9.48 Å². The zero-order valence-corrected chi connectivity index (χ0v) is 9.71. The van der Waals surface area contributed by atoms with Crippen molar-refractivity contribution in [2.45, 2.75) is 6.92 Å². The van der Waals surface area contributed by atoms with Crippen LogP contribution in [0.4, 0.5) is 0 Å². The van der Waals surface area contributed by atoms with Gasteiger partial charge < -0.3 is 10.8 Å². The molecule has 6 heteroatoms. The van der Waals surface area contributed by atoms with Crippen LogP contribution < -0.4 is 5.73 Å². The predicted molar refractivity (Wildman–Crippen MR) is 66.3 cm³/mol. The van der Waals surface area contributed by atoms with Crippen molar-refractivity contribution in [3.8, 4) is 5.69 Å². The number of rotatable bonds is 3. The van der Waals surface area contributed by atoms with Crippen molar-refractivity contribution in [3.05, 3.63) is 47.3 Å². The van der Waals surface area contributed by atoms with Gasteiger partial charge in [0.05, 0.1) is 11.4 Å². The fourth-order valence-corrected chi connectivity index (χ4v) is 1.65. The van der Waals surface area contributed by atoms with Gasteiger partial charge in [-0.3, -0.25) is 5.41 Å². The Morgan fingerprint density at radius 3 is 2.78 bits per heavy atom. The Labute approximate surface area is 103 Å². The Morgan fingerprint density at radius 1 is 1.44 bits per heavy atom. The first-order valence-electron chi connectivity index (χ1n) is 5.24. The van der Waals surface area contributed by atoms with Crippen LogP contribution >= 0.6 is 0 Å². The summed E-state index contributed by atoms with van der Waals surface area (Å²) < 4.78 is 1.32. The maximum Gasteiger partial charge on any atom is 0.354 e. The van der Waals surface area contributed by atoms with Crippen LogP contribution in [0.2, 0.25) is 0 Å². The minimum absolute atomic E-state index is 0.0717. The zero-order chi connectivity index (χ0) is 13.3. The minimum atomic E-state index is -1.05. The van der Waals surface area contributed by atoms with E-state index in [4.69, 9.17) is 16.2 Å². The molecular weight excluding hydrogens is 232 g/mol. The summed E-state index contributed by atoms with van der Waals surface area (Å²) in [7, 11) is 0. The van der Waals surface area contributed by atoms with E-state index in [9.17, 15) is 4.79 Å². The molecule has 18 heavy (non-hydrogen) atoms. The van der Waals surface area contributed by atoms with E-state index < -0.39 is 5.97 Å². The number of carboxylic acids is 1. The lowest BCUT2D eigenvalue weighted by molar-refractivity contribution is 0.0687. The molecule has 6 nitrogen and oxygen atoms in total. The molecule has 0 radical (unpaired) electrons. The fourth-order valence-electron chi connectivity index (χ4n) is 1.65. The van der Waals surface area contributed by atoms with Crippen molar-refractivity contribution in [3.63, 3.8) is 0 Å². The van der Waals surface area contributed by atoms with Gasteiger partial charge in [0.15, 0.2) is 5.69 Å². The van der Waals surface area contributed by atoms with E-state index in [-0.39, 0.29) is 11.5 Å². The van der Waals surface area contributed by atoms with Crippen molar-refractivity contribution in [1.82, 2.24) is 9.78 Å². The summed E-state index contributed by atoms with van der Waals surface area (Å²) in [5, 5.41) is 20.6. The summed E-state index contributed by atoms with van der Waals surface area (Å²) in [6.45, 7) is 1.72. The summed E-state index contributed by atoms with van der Waals surface area (Å²) in [4.78, 5) is 11.1. The van der Waals surface area contributed by atoms with Gasteiger partial charge in [0.2, 0.25) is 0 Å². The Bertz CT molecular complexity index is 631. The molecule has 0 saturated carbocycles. The van der Waals surface area contributed by atoms with Crippen LogP contribution in [0.5, 0.6) is 0 Å². The van der Waals surface area contributed by atoms with Crippen LogP contribution in [0, 0.1) is 12.3 Å². The number of carboxylic acid groups (broad SMARTS) is 1. The molecule has 0 unspecified atom stereocenters. The topological polar surface area (TPSA) is 105 Å². The van der Waals surface area contributed by atoms with Crippen LogP contribution in [0.15, 0.2) is 30.3 Å². The van der Waals surface area contributed by atoms with Gasteiger partial charge in [0.25, 0.3) is 0 Å². The van der Waals surface area contributed by atoms with Gasteiger partial charge in [-0.1, -0.05) is 12.1 Å². The normalized spacial score (nSPS) is 10.3. The molecule has 0 bridgehead atoms. The number of carbonyl (C=O) groups is 1. The molecule has 0 amide bonds. The number of nitrogens with zero attached hydrogens (tertiary/aromatic N) is 2. The molecule has 1 aromatic heterocycles. The molecule has 0 saturated heterocycles. The Hall–Kier alpha value is -2.63. The molecule has 4 N–H and O–H groups in total. The monoisotopic (exact) mass is 244 g/mol. The van der Waals surface area contributed by atoms with E-state index in [1.165, 1.54) is 10.7 Å². The largest absolute Gasteiger partial charge is 0.477 e. The smallest absolute Gasteiger partial charge is 0.354 e. The van der Waals surface area contributed by atoms with Crippen LogP contribution in [0.1, 0.15) is 21.7 Å². The third-order valence-electron chi connectivity index (χ3n) is 2.45. The first-order valence-corrected chi connectivity index (χ1v) is 5.24. The van der Waals surface area contributed by atoms with Crippen LogP contribution in [-0.4, -0.2) is 26.7 Å². The molecular formula is C12H12N4O2. The van der Waals surface area contributed by atoms with E-state index in [0.29, 0.717) is 16.9 Å². The summed E-state index contributed by atoms with van der Waals surface area (Å²) in [6.07, 6.45) is 0. The third kappa shape index (κ3) is 2.08. The highest BCUT2D eigenvalue weighted by atomic mass is 16.4. The van der Waals surface area contributed by atoms with E-state index >= 15 is 0 Å². The molecule has 92 valence electrons. The number of nitrogens with one attached hydrogen (secondary N) is 1. The number of nitrogens with two attached hydrogens (primary N) is 1. The molecule has 2 rings (SSSR count). The van der Waals surface area contributed by atoms with Crippen molar-refractivity contribution in [1.29, 1.82) is 5.41 Å². The van der Waals surface area contributed by atoms with E-state index in [1.54, 1.807) is 31.2 Å². The number of hydrogen-bond donors (Lipinski definition) is 3. The van der Waals surface area contributed by atoms with Gasteiger partial charge in [0.1, 0.15) is 5.84 Å². The molecule has 0 aliphatic rings. The SMILES string of the molecule is Cc1cc(C(=O)O)n(-c2cccc(C(=N)N)c2)n1. The number of amidine groups is 1. The lowest BCUT2D eigenvalue weighted by Crippen LogP contribution is -2.13. The van der Waals surface area contributed by atoms with Gasteiger partial charge in [-0.15, -0.1) is 0 Å². The molecule has 1 heterocycles. The maximum atomic E-state index is 11.1. The molecule has 0 aliphatic carbocycles. The second-order valence-corrected chi connectivity index (χ2v) is 3.85. The van der Waals surface area contributed by atoms with Gasteiger partial charge in [-0.05, 0) is 25.1 Å². The van der Waals surface area contributed by atoms with E-state index in [2.05, 4.69) is 5.10 Å². The fraction of sp³-hybridized carbons (Fsp3) is 0.0833. The summed E-state index contributed by atoms with van der Waals surface area (Å²) >= 11 is 0. The average Bonchev–Trinajstić information content (AvgIpc) is 2.72. The number of hydrogen-bond acceptors (Lipinski definition) is 3. The number of aromatic nitrogens is 2. The molecule has 0 aliphatic heterocycles. The van der Waals surface area contributed by atoms with Gasteiger partial charge >= 0.3 is 5.97 Å². The number of aromatic carboxylic acids is 1. The first-order chi connectivity index (χ1) is 8.49. The quantitative estimate of drug-likeness (QED) is 0.556. The summed E-state index contributed by atoms with van der Waals surface area (Å²) in [5.41, 5.74) is 7.18. The number of nitrogen functional groups attached to an aromatic ring is 1. The van der Waals surface area contributed by atoms with Crippen LogP contribution in [0.3, 0.4) is 0 Å². The lowest BCUT2D eigenvalue weighted by atomic mass is 10.2. The number of aryl methyl sites for hydroxylation is 1. The standard InChI is InChI=1S/C12H12N4O2/c1-7-5-10(12(17)18)16(15-7)9-4-2-3-8(6-9)11(13)14/h2-6H,1H3,(H3,13,14)(H,17,18). The predicted octanol–water partition coefficient (Wildman–Crippen LogP) is 1.16. The third-order valence-corrected chi connectivity index (χ3v) is 2.45. The highest BCUT2D eigenvalue weighted by molar-refractivity contribution is 5.95. The Balaban J connectivity index is 2.58. The van der Waals surface area contributed by atoms with Crippen LogP contribution in [-0.2, 0) is 0 Å². The van der Waals surface area contributed by atoms with Crippen molar-refractivity contribution >= 4 is 11.8 Å². The maximum absolute atomic E-state index is 11.1. The van der Waals surface area contributed by atoms with Gasteiger partial charge in [0, 0.05) is 5.56 Å². The highest BCUT2D eigenvalue weighted by Gasteiger charge is 2.14. The summed E-state index contributed by atoms with van der Waals surface area (Å²) in [6, 6.07) is 8.21.